The van der Waals surface area contributed by atoms with Crippen molar-refractivity contribution in [3.05, 3.63) is 39.3 Å². The minimum atomic E-state index is -0.0993. The highest BCUT2D eigenvalue weighted by molar-refractivity contribution is 7.14. The molecule has 2 heterocycles. The molecule has 0 radical (unpaired) electrons. The van der Waals surface area contributed by atoms with Crippen molar-refractivity contribution in [1.82, 2.24) is 4.98 Å². The van der Waals surface area contributed by atoms with E-state index in [1.807, 2.05) is 5.38 Å². The third-order valence-electron chi connectivity index (χ3n) is 3.95. The van der Waals surface area contributed by atoms with E-state index < -0.39 is 0 Å². The molecule has 3 rings (SSSR count). The number of likely N-dealkylation sites (tertiary alicyclic amines) is 1. The lowest BCUT2D eigenvalue weighted by molar-refractivity contribution is -0.901. The van der Waals surface area contributed by atoms with Crippen molar-refractivity contribution in [1.29, 1.82) is 0 Å². The van der Waals surface area contributed by atoms with Crippen molar-refractivity contribution >= 4 is 51.3 Å². The predicted octanol–water partition coefficient (Wildman–Crippen LogP) is 3.31. The molecule has 0 spiro atoms. The first kappa shape index (κ1) is 16.7. The van der Waals surface area contributed by atoms with Crippen LogP contribution in [0.1, 0.15) is 25.5 Å². The largest absolute Gasteiger partial charge is 0.330 e. The second-order valence-electron chi connectivity index (χ2n) is 5.71. The number of benzene rings is 1. The monoisotopic (exact) mass is 370 g/mol. The molecule has 1 saturated heterocycles. The van der Waals surface area contributed by atoms with Gasteiger partial charge in [0.15, 0.2) is 5.13 Å². The number of quaternary nitrogens is 1. The summed E-state index contributed by atoms with van der Waals surface area (Å²) in [4.78, 5) is 19.9. The van der Waals surface area contributed by atoms with Gasteiger partial charge in [-0.15, -0.1) is 11.3 Å². The second-order valence-corrected chi connectivity index (χ2v) is 7.36. The van der Waals surface area contributed by atoms with Crippen LogP contribution < -0.4 is 9.80 Å². The molecule has 2 aromatic rings. The molecule has 0 unspecified atom stereocenters. The molecule has 7 heteroatoms. The summed E-state index contributed by atoms with van der Waals surface area (Å²) in [6.07, 6.45) is 2.57. The van der Waals surface area contributed by atoms with Gasteiger partial charge in [0.1, 0.15) is 12.2 Å². The predicted molar refractivity (Wildman–Crippen MR) is 95.0 cm³/mol. The maximum atomic E-state index is 12.1. The Morgan fingerprint density at radius 2 is 2.04 bits per heavy atom. The van der Waals surface area contributed by atoms with Crippen molar-refractivity contribution in [2.24, 2.45) is 0 Å². The number of hydrogen-bond donors (Lipinski definition) is 1. The van der Waals surface area contributed by atoms with Crippen molar-refractivity contribution in [3.63, 3.8) is 0 Å². The molecule has 0 atom stereocenters. The number of nitrogens with zero attached hydrogens (tertiary/aromatic N) is 2. The van der Waals surface area contributed by atoms with E-state index in [9.17, 15) is 4.79 Å². The van der Waals surface area contributed by atoms with Crippen molar-refractivity contribution in [2.75, 3.05) is 18.0 Å². The van der Waals surface area contributed by atoms with Crippen molar-refractivity contribution in [2.45, 2.75) is 26.3 Å². The highest BCUT2D eigenvalue weighted by Crippen LogP contribution is 2.33. The number of carbonyl (C=O) groups is 1. The van der Waals surface area contributed by atoms with E-state index in [1.54, 1.807) is 28.0 Å². The molecule has 1 aliphatic rings. The molecular weight excluding hydrogens is 353 g/mol. The Morgan fingerprint density at radius 1 is 1.30 bits per heavy atom. The summed E-state index contributed by atoms with van der Waals surface area (Å²) in [7, 11) is 0. The smallest absolute Gasteiger partial charge is 0.230 e. The average Bonchev–Trinajstić information content (AvgIpc) is 3.15. The standard InChI is InChI=1S/C16H17Cl2N3OS/c1-11(22)21(13-4-5-14(17)15(18)8-13)16-19-12(10-23-16)9-20-6-2-3-7-20/h4-5,8,10H,2-3,6-7,9H2,1H3/p+1. The number of anilines is 2. The summed E-state index contributed by atoms with van der Waals surface area (Å²) in [5.74, 6) is -0.0993. The Kier molecular flexibility index (Phi) is 5.21. The van der Waals surface area contributed by atoms with Gasteiger partial charge in [0.2, 0.25) is 5.91 Å². The van der Waals surface area contributed by atoms with Gasteiger partial charge in [0.25, 0.3) is 0 Å². The van der Waals surface area contributed by atoms with Gasteiger partial charge in [0.05, 0.1) is 28.8 Å². The third kappa shape index (κ3) is 3.86. The zero-order chi connectivity index (χ0) is 16.4. The lowest BCUT2D eigenvalue weighted by Crippen LogP contribution is -3.08. The Morgan fingerprint density at radius 3 is 2.70 bits per heavy atom. The van der Waals surface area contributed by atoms with E-state index in [1.165, 1.54) is 44.2 Å². The van der Waals surface area contributed by atoms with Crippen molar-refractivity contribution < 1.29 is 9.69 Å². The van der Waals surface area contributed by atoms with Crippen LogP contribution in [0.3, 0.4) is 0 Å². The van der Waals surface area contributed by atoms with Gasteiger partial charge in [-0.2, -0.15) is 0 Å². The third-order valence-corrected chi connectivity index (χ3v) is 5.56. The zero-order valence-corrected chi connectivity index (χ0v) is 15.1. The van der Waals surface area contributed by atoms with Crippen LogP contribution in [0.2, 0.25) is 10.0 Å². The summed E-state index contributed by atoms with van der Waals surface area (Å²) in [6.45, 7) is 4.85. The number of aromatic nitrogens is 1. The lowest BCUT2D eigenvalue weighted by atomic mass is 10.3. The van der Waals surface area contributed by atoms with Crippen LogP contribution in [0.5, 0.6) is 0 Å². The second kappa shape index (κ2) is 7.18. The maximum Gasteiger partial charge on any atom is 0.230 e. The Balaban J connectivity index is 1.84. The topological polar surface area (TPSA) is 37.6 Å². The molecule has 1 N–H and O–H groups in total. The van der Waals surface area contributed by atoms with Crippen LogP contribution in [-0.4, -0.2) is 24.0 Å². The van der Waals surface area contributed by atoms with E-state index in [2.05, 4.69) is 4.98 Å². The van der Waals surface area contributed by atoms with Crippen LogP contribution >= 0.6 is 34.5 Å². The van der Waals surface area contributed by atoms with E-state index in [0.717, 1.165) is 12.2 Å². The van der Waals surface area contributed by atoms with Gasteiger partial charge < -0.3 is 4.90 Å². The van der Waals surface area contributed by atoms with Crippen LogP contribution in [0.4, 0.5) is 10.8 Å². The fourth-order valence-electron chi connectivity index (χ4n) is 2.84. The molecule has 1 aromatic heterocycles. The minimum absolute atomic E-state index is 0.0993. The maximum absolute atomic E-state index is 12.1. The van der Waals surface area contributed by atoms with Gasteiger partial charge in [-0.1, -0.05) is 23.2 Å². The first-order chi connectivity index (χ1) is 11.0. The van der Waals surface area contributed by atoms with Gasteiger partial charge in [-0.05, 0) is 18.2 Å². The number of halogens is 2. The Labute approximate surface area is 149 Å². The number of carbonyl (C=O) groups excluding carboxylic acids is 1. The molecule has 0 bridgehead atoms. The lowest BCUT2D eigenvalue weighted by Gasteiger charge is -2.18. The molecule has 4 nitrogen and oxygen atoms in total. The van der Waals surface area contributed by atoms with Gasteiger partial charge in [-0.25, -0.2) is 4.98 Å². The van der Waals surface area contributed by atoms with E-state index in [0.29, 0.717) is 20.9 Å². The highest BCUT2D eigenvalue weighted by Gasteiger charge is 2.21. The normalized spacial score (nSPS) is 15.1. The minimum Gasteiger partial charge on any atom is -0.330 e. The van der Waals surface area contributed by atoms with Crippen molar-refractivity contribution in [3.8, 4) is 0 Å². The zero-order valence-electron chi connectivity index (χ0n) is 12.8. The molecular formula is C16H18Cl2N3OS+. The number of hydrogen-bond acceptors (Lipinski definition) is 3. The van der Waals surface area contributed by atoms with Crippen LogP contribution in [0.15, 0.2) is 23.6 Å². The fraction of sp³-hybridized carbons (Fsp3) is 0.375. The van der Waals surface area contributed by atoms with Gasteiger partial charge in [-0.3, -0.25) is 9.69 Å². The molecule has 1 amide bonds. The van der Waals surface area contributed by atoms with Gasteiger partial charge in [0, 0.05) is 25.1 Å². The first-order valence-corrected chi connectivity index (χ1v) is 9.22. The number of amides is 1. The van der Waals surface area contributed by atoms with E-state index in [4.69, 9.17) is 23.2 Å². The van der Waals surface area contributed by atoms with Crippen LogP contribution in [0.25, 0.3) is 0 Å². The number of thiazole rings is 1. The first-order valence-electron chi connectivity index (χ1n) is 7.58. The Hall–Kier alpha value is -1.14. The SMILES string of the molecule is CC(=O)N(c1ccc(Cl)c(Cl)c1)c1nc(C[NH+]2CCCC2)cs1. The summed E-state index contributed by atoms with van der Waals surface area (Å²) >= 11 is 13.5. The highest BCUT2D eigenvalue weighted by atomic mass is 35.5. The molecule has 23 heavy (non-hydrogen) atoms. The molecule has 0 saturated carbocycles. The van der Waals surface area contributed by atoms with E-state index >= 15 is 0 Å². The summed E-state index contributed by atoms with van der Waals surface area (Å²) in [5.41, 5.74) is 1.72. The average molecular weight is 371 g/mol. The summed E-state index contributed by atoms with van der Waals surface area (Å²) < 4.78 is 0. The van der Waals surface area contributed by atoms with Gasteiger partial charge >= 0.3 is 0 Å². The number of nitrogens with one attached hydrogen (secondary N) is 1. The van der Waals surface area contributed by atoms with Crippen LogP contribution in [0, 0.1) is 0 Å². The fourth-order valence-corrected chi connectivity index (χ4v) is 4.02. The quantitative estimate of drug-likeness (QED) is 0.896. The molecule has 0 aliphatic carbocycles. The van der Waals surface area contributed by atoms with E-state index in [-0.39, 0.29) is 5.91 Å². The van der Waals surface area contributed by atoms with Crippen LogP contribution in [-0.2, 0) is 11.3 Å². The number of rotatable bonds is 4. The molecule has 122 valence electrons. The Bertz CT molecular complexity index is 713. The molecule has 1 aliphatic heterocycles. The molecule has 1 aromatic carbocycles. The summed E-state index contributed by atoms with van der Waals surface area (Å²) in [6, 6.07) is 5.17. The molecule has 1 fully saturated rings. The summed E-state index contributed by atoms with van der Waals surface area (Å²) in [5, 5.41) is 3.60.